The second-order valence-electron chi connectivity index (χ2n) is 5.58. The third kappa shape index (κ3) is 4.27. The van der Waals surface area contributed by atoms with Crippen molar-refractivity contribution in [2.45, 2.75) is 13.5 Å². The molecule has 0 unspecified atom stereocenters. The Morgan fingerprint density at radius 3 is 2.79 bits per heavy atom. The van der Waals surface area contributed by atoms with Gasteiger partial charge in [-0.3, -0.25) is 9.69 Å². The van der Waals surface area contributed by atoms with E-state index >= 15 is 0 Å². The summed E-state index contributed by atoms with van der Waals surface area (Å²) in [6, 6.07) is 11.6. The van der Waals surface area contributed by atoms with Crippen LogP contribution in [0, 0.1) is 6.92 Å². The maximum atomic E-state index is 12.1. The number of rotatable bonds is 6. The molecule has 2 aromatic heterocycles. The summed E-state index contributed by atoms with van der Waals surface area (Å²) in [6.45, 7) is 2.67. The fraction of sp³-hybridized carbons (Fsp3) is 0.235. The first kappa shape index (κ1) is 16.4. The number of carbonyl (C=O) groups is 1. The highest BCUT2D eigenvalue weighted by Crippen LogP contribution is 2.21. The molecule has 0 aliphatic rings. The minimum atomic E-state index is -0.0839. The zero-order valence-corrected chi connectivity index (χ0v) is 14.3. The Hall–Kier alpha value is -2.51. The predicted molar refractivity (Wildman–Crippen MR) is 93.8 cm³/mol. The highest BCUT2D eigenvalue weighted by Gasteiger charge is 2.13. The van der Waals surface area contributed by atoms with Gasteiger partial charge in [0.1, 0.15) is 0 Å². The first-order chi connectivity index (χ1) is 11.6. The Kier molecular flexibility index (Phi) is 5.02. The molecule has 0 radical (unpaired) electrons. The Balaban J connectivity index is 1.52. The fourth-order valence-corrected chi connectivity index (χ4v) is 2.84. The van der Waals surface area contributed by atoms with E-state index in [1.807, 2.05) is 60.6 Å². The van der Waals surface area contributed by atoms with E-state index in [-0.39, 0.29) is 12.5 Å². The topological polar surface area (TPSA) is 71.3 Å². The number of carbonyl (C=O) groups excluding carboxylic acids is 1. The number of hydrogen-bond acceptors (Lipinski definition) is 6. The molecule has 1 N–H and O–H groups in total. The van der Waals surface area contributed by atoms with Gasteiger partial charge in [-0.05, 0) is 37.6 Å². The number of aryl methyl sites for hydroxylation is 1. The van der Waals surface area contributed by atoms with Crippen LogP contribution in [-0.2, 0) is 11.3 Å². The van der Waals surface area contributed by atoms with E-state index in [0.29, 0.717) is 18.3 Å². The third-order valence-corrected chi connectivity index (χ3v) is 4.23. The number of nitrogens with zero attached hydrogens (tertiary/aromatic N) is 3. The van der Waals surface area contributed by atoms with E-state index < -0.39 is 0 Å². The van der Waals surface area contributed by atoms with E-state index in [0.717, 1.165) is 16.1 Å². The van der Waals surface area contributed by atoms with Crippen LogP contribution in [0.15, 0.2) is 46.3 Å². The van der Waals surface area contributed by atoms with Crippen LogP contribution in [0.25, 0.3) is 10.7 Å². The minimum absolute atomic E-state index is 0.0839. The molecule has 0 aliphatic carbocycles. The Bertz CT molecular complexity index is 796. The molecule has 1 amide bonds. The van der Waals surface area contributed by atoms with Crippen LogP contribution >= 0.6 is 11.3 Å². The molecular weight excluding hydrogens is 324 g/mol. The molecule has 124 valence electrons. The molecule has 0 atom stereocenters. The molecule has 24 heavy (non-hydrogen) atoms. The van der Waals surface area contributed by atoms with E-state index in [1.165, 1.54) is 0 Å². The van der Waals surface area contributed by atoms with E-state index in [1.54, 1.807) is 11.3 Å². The number of likely N-dealkylation sites (N-methyl/N-ethyl adjacent to an activating group) is 1. The van der Waals surface area contributed by atoms with Crippen molar-refractivity contribution < 1.29 is 9.32 Å². The summed E-state index contributed by atoms with van der Waals surface area (Å²) < 4.78 is 5.24. The van der Waals surface area contributed by atoms with Crippen LogP contribution in [0.1, 0.15) is 11.5 Å². The van der Waals surface area contributed by atoms with Gasteiger partial charge in [0.15, 0.2) is 0 Å². The fourth-order valence-electron chi connectivity index (χ4n) is 2.19. The zero-order valence-electron chi connectivity index (χ0n) is 13.5. The maximum absolute atomic E-state index is 12.1. The number of thiophene rings is 1. The van der Waals surface area contributed by atoms with E-state index in [2.05, 4.69) is 15.5 Å². The maximum Gasteiger partial charge on any atom is 0.241 e. The molecule has 2 heterocycles. The summed E-state index contributed by atoms with van der Waals surface area (Å²) in [5.41, 5.74) is 1.94. The second-order valence-corrected chi connectivity index (χ2v) is 6.52. The van der Waals surface area contributed by atoms with Gasteiger partial charge in [0.25, 0.3) is 0 Å². The van der Waals surface area contributed by atoms with Gasteiger partial charge >= 0.3 is 0 Å². The average Bonchev–Trinajstić information content (AvgIpc) is 3.20. The molecule has 0 saturated carbocycles. The van der Waals surface area contributed by atoms with Crippen molar-refractivity contribution >= 4 is 22.9 Å². The summed E-state index contributed by atoms with van der Waals surface area (Å²) in [6.07, 6.45) is 0. The van der Waals surface area contributed by atoms with Crippen molar-refractivity contribution in [3.05, 3.63) is 53.2 Å². The highest BCUT2D eigenvalue weighted by molar-refractivity contribution is 7.13. The smallest absolute Gasteiger partial charge is 0.241 e. The monoisotopic (exact) mass is 342 g/mol. The predicted octanol–water partition coefficient (Wildman–Crippen LogP) is 3.18. The normalized spacial score (nSPS) is 11.0. The number of nitrogens with one attached hydrogen (secondary N) is 1. The minimum Gasteiger partial charge on any atom is -0.338 e. The number of amides is 1. The lowest BCUT2D eigenvalue weighted by Gasteiger charge is -2.13. The molecule has 6 nitrogen and oxygen atoms in total. The van der Waals surface area contributed by atoms with Crippen LogP contribution in [-0.4, -0.2) is 34.5 Å². The molecule has 1 aromatic carbocycles. The largest absolute Gasteiger partial charge is 0.338 e. The summed E-state index contributed by atoms with van der Waals surface area (Å²) in [5.74, 6) is 0.987. The van der Waals surface area contributed by atoms with Gasteiger partial charge in [-0.1, -0.05) is 28.9 Å². The first-order valence-corrected chi connectivity index (χ1v) is 8.39. The van der Waals surface area contributed by atoms with Crippen molar-refractivity contribution in [2.24, 2.45) is 0 Å². The van der Waals surface area contributed by atoms with Crippen LogP contribution < -0.4 is 5.32 Å². The summed E-state index contributed by atoms with van der Waals surface area (Å²) >= 11 is 1.56. The molecule has 0 fully saturated rings. The van der Waals surface area contributed by atoms with Crippen molar-refractivity contribution in [2.75, 3.05) is 18.9 Å². The van der Waals surface area contributed by atoms with Crippen LogP contribution in [0.3, 0.4) is 0 Å². The van der Waals surface area contributed by atoms with E-state index in [9.17, 15) is 4.79 Å². The summed E-state index contributed by atoms with van der Waals surface area (Å²) in [4.78, 5) is 19.2. The molecule has 3 rings (SSSR count). The molecule has 0 spiro atoms. The Morgan fingerprint density at radius 2 is 2.08 bits per heavy atom. The molecule has 0 aliphatic heterocycles. The summed E-state index contributed by atoms with van der Waals surface area (Å²) in [5, 5.41) is 8.80. The average molecular weight is 342 g/mol. The van der Waals surface area contributed by atoms with Gasteiger partial charge in [-0.15, -0.1) is 11.3 Å². The zero-order chi connectivity index (χ0) is 16.9. The molecule has 0 bridgehead atoms. The van der Waals surface area contributed by atoms with Gasteiger partial charge < -0.3 is 9.84 Å². The van der Waals surface area contributed by atoms with Gasteiger partial charge in [-0.25, -0.2) is 0 Å². The Morgan fingerprint density at radius 1 is 1.29 bits per heavy atom. The van der Waals surface area contributed by atoms with Gasteiger partial charge in [0.2, 0.25) is 17.6 Å². The van der Waals surface area contributed by atoms with Crippen molar-refractivity contribution in [3.8, 4) is 10.7 Å². The highest BCUT2D eigenvalue weighted by atomic mass is 32.1. The Labute approximate surface area is 144 Å². The van der Waals surface area contributed by atoms with Crippen LogP contribution in [0.2, 0.25) is 0 Å². The summed E-state index contributed by atoms with van der Waals surface area (Å²) in [7, 11) is 1.84. The molecular formula is C17H18N4O2S. The van der Waals surface area contributed by atoms with Gasteiger partial charge in [0, 0.05) is 5.69 Å². The number of aromatic nitrogens is 2. The van der Waals surface area contributed by atoms with Gasteiger partial charge in [0.05, 0.1) is 18.0 Å². The SMILES string of the molecule is Cc1ccc(NC(=O)CN(C)Cc2nc(-c3cccs3)no2)cc1. The first-order valence-electron chi connectivity index (χ1n) is 7.51. The number of hydrogen-bond donors (Lipinski definition) is 1. The quantitative estimate of drug-likeness (QED) is 0.745. The molecule has 3 aromatic rings. The lowest BCUT2D eigenvalue weighted by Crippen LogP contribution is -2.29. The third-order valence-electron chi connectivity index (χ3n) is 3.36. The van der Waals surface area contributed by atoms with E-state index in [4.69, 9.17) is 4.52 Å². The lowest BCUT2D eigenvalue weighted by atomic mass is 10.2. The van der Waals surface area contributed by atoms with Gasteiger partial charge in [-0.2, -0.15) is 4.98 Å². The van der Waals surface area contributed by atoms with Crippen LogP contribution in [0.5, 0.6) is 0 Å². The molecule has 0 saturated heterocycles. The standard InChI is InChI=1S/C17H18N4O2S/c1-12-5-7-13(8-6-12)18-15(22)10-21(2)11-16-19-17(20-23-16)14-4-3-9-24-14/h3-9H,10-11H2,1-2H3,(H,18,22). The lowest BCUT2D eigenvalue weighted by molar-refractivity contribution is -0.117. The van der Waals surface area contributed by atoms with Crippen LogP contribution in [0.4, 0.5) is 5.69 Å². The number of anilines is 1. The second kappa shape index (κ2) is 7.37. The number of benzene rings is 1. The van der Waals surface area contributed by atoms with Crippen molar-refractivity contribution in [1.29, 1.82) is 0 Å². The van der Waals surface area contributed by atoms with Crippen molar-refractivity contribution in [3.63, 3.8) is 0 Å². The van der Waals surface area contributed by atoms with Crippen molar-refractivity contribution in [1.82, 2.24) is 15.0 Å². The molecule has 7 heteroatoms.